The number of aliphatic hydroxyl groups excluding tert-OH is 1. The highest BCUT2D eigenvalue weighted by molar-refractivity contribution is 6.37. The number of hydrogen-bond acceptors (Lipinski definition) is 4. The van der Waals surface area contributed by atoms with Gasteiger partial charge in [-0.1, -0.05) is 0 Å². The Morgan fingerprint density at radius 2 is 1.83 bits per heavy atom. The van der Waals surface area contributed by atoms with Crippen LogP contribution in [0.2, 0.25) is 0 Å². The molecule has 1 atom stereocenters. The molecule has 0 amide bonds. The summed E-state index contributed by atoms with van der Waals surface area (Å²) in [7, 11) is 0. The molecule has 0 aromatic carbocycles. The van der Waals surface area contributed by atoms with Gasteiger partial charge in [-0.2, -0.15) is 0 Å². The van der Waals surface area contributed by atoms with Gasteiger partial charge in [0.25, 0.3) is 0 Å². The number of rotatable bonds is 5. The monoisotopic (exact) mass is 174 g/mol. The lowest BCUT2D eigenvalue weighted by molar-refractivity contribution is -0.142. The van der Waals surface area contributed by atoms with Crippen molar-refractivity contribution in [3.8, 4) is 0 Å². The molecule has 0 radical (unpaired) electrons. The average molecular weight is 174 g/mol. The molecular weight excluding hydrogens is 164 g/mol. The van der Waals surface area contributed by atoms with E-state index in [1.54, 1.807) is 0 Å². The molecule has 0 rings (SSSR count). The molecule has 5 heteroatoms. The van der Waals surface area contributed by atoms with E-state index in [1.165, 1.54) is 0 Å². The molecule has 2 N–H and O–H groups in total. The van der Waals surface area contributed by atoms with Crippen molar-refractivity contribution in [3.05, 3.63) is 0 Å². The molecule has 0 aliphatic heterocycles. The van der Waals surface area contributed by atoms with Crippen molar-refractivity contribution in [2.75, 3.05) is 0 Å². The van der Waals surface area contributed by atoms with Crippen molar-refractivity contribution in [2.45, 2.75) is 25.9 Å². The molecule has 0 saturated heterocycles. The fourth-order valence-electron chi connectivity index (χ4n) is 0.626. The summed E-state index contributed by atoms with van der Waals surface area (Å²) in [5.41, 5.74) is 0. The lowest BCUT2D eigenvalue weighted by atomic mass is 10.1. The Morgan fingerprint density at radius 1 is 1.33 bits per heavy atom. The third-order valence-corrected chi connectivity index (χ3v) is 1.28. The number of aliphatic carboxylic acids is 1. The quantitative estimate of drug-likeness (QED) is 0.541. The van der Waals surface area contributed by atoms with Gasteiger partial charge in [0.2, 0.25) is 5.78 Å². The molecule has 5 nitrogen and oxygen atoms in total. The van der Waals surface area contributed by atoms with Gasteiger partial charge in [-0.3, -0.25) is 14.4 Å². The maximum Gasteiger partial charge on any atom is 0.303 e. The number of carbonyl (C=O) groups is 3. The fourth-order valence-corrected chi connectivity index (χ4v) is 0.626. The molecule has 0 aromatic rings. The SMILES string of the molecule is CC(=O)C(=O)C(O)CCC(=O)O. The van der Waals surface area contributed by atoms with Crippen LogP contribution >= 0.6 is 0 Å². The Labute approximate surface area is 69.0 Å². The number of carboxylic acid groups (broad SMARTS) is 1. The van der Waals surface area contributed by atoms with E-state index < -0.39 is 23.6 Å². The second kappa shape index (κ2) is 4.61. The van der Waals surface area contributed by atoms with Crippen LogP contribution in [0.5, 0.6) is 0 Å². The predicted molar refractivity (Wildman–Crippen MR) is 38.6 cm³/mol. The summed E-state index contributed by atoms with van der Waals surface area (Å²) in [6.07, 6.45) is -2.01. The average Bonchev–Trinajstić information content (AvgIpc) is 1.98. The summed E-state index contributed by atoms with van der Waals surface area (Å²) >= 11 is 0. The maximum absolute atomic E-state index is 10.7. The van der Waals surface area contributed by atoms with Gasteiger partial charge < -0.3 is 10.2 Å². The Morgan fingerprint density at radius 3 is 2.17 bits per heavy atom. The van der Waals surface area contributed by atoms with Crippen LogP contribution in [-0.4, -0.2) is 33.9 Å². The van der Waals surface area contributed by atoms with Crippen LogP contribution in [0.4, 0.5) is 0 Å². The number of aliphatic hydroxyl groups is 1. The van der Waals surface area contributed by atoms with Gasteiger partial charge in [-0.05, 0) is 6.42 Å². The minimum absolute atomic E-state index is 0.215. The zero-order valence-corrected chi connectivity index (χ0v) is 6.61. The van der Waals surface area contributed by atoms with Crippen molar-refractivity contribution < 1.29 is 24.6 Å². The minimum atomic E-state index is -1.47. The zero-order chi connectivity index (χ0) is 9.72. The molecule has 68 valence electrons. The topological polar surface area (TPSA) is 91.7 Å². The normalized spacial score (nSPS) is 12.2. The summed E-state index contributed by atoms with van der Waals surface area (Å²) in [6, 6.07) is 0. The van der Waals surface area contributed by atoms with Gasteiger partial charge in [0, 0.05) is 13.3 Å². The Hall–Kier alpha value is -1.23. The smallest absolute Gasteiger partial charge is 0.303 e. The standard InChI is InChI=1S/C7H10O5/c1-4(8)7(12)5(9)2-3-6(10)11/h5,9H,2-3H2,1H3,(H,10,11). The van der Waals surface area contributed by atoms with Gasteiger partial charge in [-0.25, -0.2) is 0 Å². The van der Waals surface area contributed by atoms with E-state index in [0.717, 1.165) is 6.92 Å². The van der Waals surface area contributed by atoms with Crippen LogP contribution in [0.25, 0.3) is 0 Å². The van der Waals surface area contributed by atoms with Crippen molar-refractivity contribution in [1.29, 1.82) is 0 Å². The van der Waals surface area contributed by atoms with E-state index in [0.29, 0.717) is 0 Å². The Kier molecular flexibility index (Phi) is 4.14. The van der Waals surface area contributed by atoms with Crippen LogP contribution in [0.1, 0.15) is 19.8 Å². The van der Waals surface area contributed by atoms with Crippen molar-refractivity contribution >= 4 is 17.5 Å². The van der Waals surface area contributed by atoms with Crippen LogP contribution in [0, 0.1) is 0 Å². The van der Waals surface area contributed by atoms with Gasteiger partial charge in [0.1, 0.15) is 6.10 Å². The third kappa shape index (κ3) is 3.82. The first-order valence-corrected chi connectivity index (χ1v) is 3.39. The number of carboxylic acids is 1. The first kappa shape index (κ1) is 10.8. The summed E-state index contributed by atoms with van der Waals surface area (Å²) in [5, 5.41) is 17.1. The van der Waals surface area contributed by atoms with Gasteiger partial charge in [0.05, 0.1) is 0 Å². The van der Waals surface area contributed by atoms with E-state index in [1.807, 2.05) is 0 Å². The second-order valence-electron chi connectivity index (χ2n) is 2.37. The lowest BCUT2D eigenvalue weighted by Gasteiger charge is -2.03. The van der Waals surface area contributed by atoms with Crippen LogP contribution in [-0.2, 0) is 14.4 Å². The highest BCUT2D eigenvalue weighted by atomic mass is 16.4. The van der Waals surface area contributed by atoms with Crippen LogP contribution in [0.15, 0.2) is 0 Å². The van der Waals surface area contributed by atoms with E-state index in [4.69, 9.17) is 10.2 Å². The zero-order valence-electron chi connectivity index (χ0n) is 6.61. The highest BCUT2D eigenvalue weighted by Crippen LogP contribution is 1.98. The largest absolute Gasteiger partial charge is 0.481 e. The lowest BCUT2D eigenvalue weighted by Crippen LogP contribution is -2.27. The molecule has 0 heterocycles. The molecule has 0 bridgehead atoms. The Balaban J connectivity index is 3.87. The molecule has 1 unspecified atom stereocenters. The van der Waals surface area contributed by atoms with Gasteiger partial charge in [-0.15, -0.1) is 0 Å². The van der Waals surface area contributed by atoms with Gasteiger partial charge in [0.15, 0.2) is 5.78 Å². The van der Waals surface area contributed by atoms with E-state index >= 15 is 0 Å². The maximum atomic E-state index is 10.7. The van der Waals surface area contributed by atoms with Gasteiger partial charge >= 0.3 is 5.97 Å². The van der Waals surface area contributed by atoms with E-state index in [9.17, 15) is 14.4 Å². The summed E-state index contributed by atoms with van der Waals surface area (Å²) < 4.78 is 0. The molecule has 0 fully saturated rings. The van der Waals surface area contributed by atoms with Crippen LogP contribution in [0.3, 0.4) is 0 Å². The summed E-state index contributed by atoms with van der Waals surface area (Å²) in [6.45, 7) is 1.03. The van der Waals surface area contributed by atoms with Crippen molar-refractivity contribution in [2.24, 2.45) is 0 Å². The molecule has 0 aliphatic rings. The molecule has 0 aromatic heterocycles. The molecule has 12 heavy (non-hydrogen) atoms. The van der Waals surface area contributed by atoms with Crippen molar-refractivity contribution in [1.82, 2.24) is 0 Å². The second-order valence-corrected chi connectivity index (χ2v) is 2.37. The molecule has 0 saturated carbocycles. The number of Topliss-reactive ketones (excluding diaryl/α,β-unsaturated/α-hetero) is 2. The predicted octanol–water partition coefficient (Wildman–Crippen LogP) is -0.630. The first-order chi connectivity index (χ1) is 5.45. The highest BCUT2D eigenvalue weighted by Gasteiger charge is 2.19. The van der Waals surface area contributed by atoms with Crippen LogP contribution < -0.4 is 0 Å². The number of ketones is 2. The van der Waals surface area contributed by atoms with Crippen molar-refractivity contribution in [3.63, 3.8) is 0 Å². The third-order valence-electron chi connectivity index (χ3n) is 1.28. The number of carbonyl (C=O) groups excluding carboxylic acids is 2. The Bertz CT molecular complexity index is 208. The minimum Gasteiger partial charge on any atom is -0.481 e. The summed E-state index contributed by atoms with van der Waals surface area (Å²) in [4.78, 5) is 31.0. The molecule has 0 spiro atoms. The van der Waals surface area contributed by atoms with E-state index in [-0.39, 0.29) is 12.8 Å². The first-order valence-electron chi connectivity index (χ1n) is 3.39. The summed E-state index contributed by atoms with van der Waals surface area (Å²) in [5.74, 6) is -2.80. The molecule has 0 aliphatic carbocycles. The number of hydrogen-bond donors (Lipinski definition) is 2. The fraction of sp³-hybridized carbons (Fsp3) is 0.571. The molecular formula is C7H10O5. The van der Waals surface area contributed by atoms with E-state index in [2.05, 4.69) is 0 Å².